The lowest BCUT2D eigenvalue weighted by Crippen LogP contribution is -2.38. The first-order chi connectivity index (χ1) is 11.8. The second kappa shape index (κ2) is 7.64. The van der Waals surface area contributed by atoms with Gasteiger partial charge in [-0.3, -0.25) is 9.67 Å². The van der Waals surface area contributed by atoms with Crippen molar-refractivity contribution in [2.24, 2.45) is 12.0 Å². The van der Waals surface area contributed by atoms with Crippen LogP contribution in [-0.2, 0) is 20.0 Å². The van der Waals surface area contributed by atoms with Gasteiger partial charge in [-0.2, -0.15) is 5.10 Å². The summed E-state index contributed by atoms with van der Waals surface area (Å²) in [5, 5.41) is 13.4. The van der Waals surface area contributed by atoms with Crippen LogP contribution in [0.2, 0.25) is 0 Å². The second-order valence-electron chi connectivity index (χ2n) is 5.73. The molecule has 0 amide bonds. The molecule has 2 N–H and O–H groups in total. The fraction of sp³-hybridized carbons (Fsp3) is 0.263. The Morgan fingerprint density at radius 3 is 2.67 bits per heavy atom. The van der Waals surface area contributed by atoms with Gasteiger partial charge in [0, 0.05) is 26.8 Å². The predicted octanol–water partition coefficient (Wildman–Crippen LogP) is 2.48. The summed E-state index contributed by atoms with van der Waals surface area (Å²) >= 11 is 0. The number of nitrogens with one attached hydrogen (secondary N) is 2. The molecule has 0 bridgehead atoms. The van der Waals surface area contributed by atoms with E-state index in [1.54, 1.807) is 13.2 Å². The van der Waals surface area contributed by atoms with Gasteiger partial charge in [-0.05, 0) is 28.8 Å². The third-order valence-electron chi connectivity index (χ3n) is 4.10. The van der Waals surface area contributed by atoms with Crippen molar-refractivity contribution in [3.8, 4) is 0 Å². The molecule has 0 saturated heterocycles. The zero-order valence-electron chi connectivity index (χ0n) is 14.2. The number of hydrogen-bond donors (Lipinski definition) is 2. The van der Waals surface area contributed by atoms with Crippen molar-refractivity contribution in [2.75, 3.05) is 13.6 Å². The van der Waals surface area contributed by atoms with E-state index in [0.717, 1.165) is 24.6 Å². The Bertz CT molecular complexity index is 834. The molecule has 1 aromatic heterocycles. The maximum absolute atomic E-state index is 4.26. The highest BCUT2D eigenvalue weighted by Gasteiger charge is 2.02. The van der Waals surface area contributed by atoms with Crippen LogP contribution in [0.5, 0.6) is 0 Å². The first-order valence-electron chi connectivity index (χ1n) is 8.15. The molecule has 0 unspecified atom stereocenters. The van der Waals surface area contributed by atoms with E-state index < -0.39 is 0 Å². The molecule has 0 radical (unpaired) electrons. The maximum Gasteiger partial charge on any atom is 0.191 e. The van der Waals surface area contributed by atoms with E-state index >= 15 is 0 Å². The highest BCUT2D eigenvalue weighted by atomic mass is 15.3. The van der Waals surface area contributed by atoms with E-state index in [1.807, 2.05) is 17.8 Å². The molecule has 0 aliphatic carbocycles. The molecule has 1 heterocycles. The Morgan fingerprint density at radius 2 is 1.92 bits per heavy atom. The van der Waals surface area contributed by atoms with E-state index in [2.05, 4.69) is 63.2 Å². The number of aryl methyl sites for hydroxylation is 1. The van der Waals surface area contributed by atoms with Crippen LogP contribution in [-0.4, -0.2) is 29.3 Å². The summed E-state index contributed by atoms with van der Waals surface area (Å²) in [4.78, 5) is 4.26. The molecule has 0 aliphatic rings. The summed E-state index contributed by atoms with van der Waals surface area (Å²) in [6.07, 6.45) is 2.75. The van der Waals surface area contributed by atoms with Crippen molar-refractivity contribution in [2.45, 2.75) is 13.0 Å². The highest BCUT2D eigenvalue weighted by Crippen LogP contribution is 2.15. The van der Waals surface area contributed by atoms with Crippen LogP contribution in [0.4, 0.5) is 0 Å². The van der Waals surface area contributed by atoms with Crippen molar-refractivity contribution in [1.29, 1.82) is 0 Å². The van der Waals surface area contributed by atoms with Gasteiger partial charge in [0.05, 0.1) is 12.2 Å². The highest BCUT2D eigenvalue weighted by molar-refractivity contribution is 5.83. The van der Waals surface area contributed by atoms with Gasteiger partial charge in [-0.25, -0.2) is 0 Å². The predicted molar refractivity (Wildman–Crippen MR) is 99.1 cm³/mol. The average molecular weight is 321 g/mol. The van der Waals surface area contributed by atoms with Crippen molar-refractivity contribution in [3.63, 3.8) is 0 Å². The molecule has 3 rings (SSSR count). The molecule has 2 aromatic carbocycles. The van der Waals surface area contributed by atoms with Crippen LogP contribution in [0, 0.1) is 0 Å². The molecule has 5 nitrogen and oxygen atoms in total. The smallest absolute Gasteiger partial charge is 0.191 e. The van der Waals surface area contributed by atoms with Crippen molar-refractivity contribution in [3.05, 3.63) is 66.0 Å². The Kier molecular flexibility index (Phi) is 5.11. The van der Waals surface area contributed by atoms with Gasteiger partial charge in [0.25, 0.3) is 0 Å². The zero-order valence-corrected chi connectivity index (χ0v) is 14.2. The third-order valence-corrected chi connectivity index (χ3v) is 4.10. The van der Waals surface area contributed by atoms with Gasteiger partial charge in [-0.15, -0.1) is 0 Å². The van der Waals surface area contributed by atoms with Crippen molar-refractivity contribution < 1.29 is 0 Å². The van der Waals surface area contributed by atoms with Crippen LogP contribution < -0.4 is 10.6 Å². The lowest BCUT2D eigenvalue weighted by Gasteiger charge is -2.12. The lowest BCUT2D eigenvalue weighted by molar-refractivity contribution is 0.684. The second-order valence-corrected chi connectivity index (χ2v) is 5.73. The number of aliphatic imine (C=N–C) groups is 1. The van der Waals surface area contributed by atoms with Crippen LogP contribution in [0.1, 0.15) is 11.3 Å². The van der Waals surface area contributed by atoms with Crippen LogP contribution >= 0.6 is 0 Å². The van der Waals surface area contributed by atoms with Gasteiger partial charge < -0.3 is 10.6 Å². The van der Waals surface area contributed by atoms with E-state index in [-0.39, 0.29) is 0 Å². The lowest BCUT2D eigenvalue weighted by atomic mass is 10.1. The maximum atomic E-state index is 4.26. The third kappa shape index (κ3) is 3.93. The Balaban J connectivity index is 1.51. The molecule has 24 heavy (non-hydrogen) atoms. The van der Waals surface area contributed by atoms with Gasteiger partial charge in [0.2, 0.25) is 0 Å². The molecular formula is C19H23N5. The first kappa shape index (κ1) is 16.1. The summed E-state index contributed by atoms with van der Waals surface area (Å²) < 4.78 is 1.86. The summed E-state index contributed by atoms with van der Waals surface area (Å²) in [6.45, 7) is 1.54. The monoisotopic (exact) mass is 321 g/mol. The SMILES string of the molecule is CN=C(NCCc1ccc2ccccc2c1)NCc1ccnn1C. The largest absolute Gasteiger partial charge is 0.356 e. The van der Waals surface area contributed by atoms with Gasteiger partial charge >= 0.3 is 0 Å². The van der Waals surface area contributed by atoms with Crippen molar-refractivity contribution in [1.82, 2.24) is 20.4 Å². The number of aromatic nitrogens is 2. The molecule has 3 aromatic rings. The van der Waals surface area contributed by atoms with E-state index in [1.165, 1.54) is 16.3 Å². The standard InChI is InChI=1S/C19H23N5/c1-20-19(22-14-18-10-12-23-24(18)2)21-11-9-15-7-8-16-5-3-4-6-17(16)13-15/h3-8,10,12-13H,9,11,14H2,1-2H3,(H2,20,21,22). The number of hydrogen-bond acceptors (Lipinski definition) is 2. The van der Waals surface area contributed by atoms with Gasteiger partial charge in [0.15, 0.2) is 5.96 Å². The van der Waals surface area contributed by atoms with Crippen LogP contribution in [0.25, 0.3) is 10.8 Å². The molecule has 5 heteroatoms. The van der Waals surface area contributed by atoms with Gasteiger partial charge in [-0.1, -0.05) is 42.5 Å². The summed E-state index contributed by atoms with van der Waals surface area (Å²) in [6, 6.07) is 17.1. The van der Waals surface area contributed by atoms with Gasteiger partial charge in [0.1, 0.15) is 0 Å². The van der Waals surface area contributed by atoms with Crippen LogP contribution in [0.15, 0.2) is 59.7 Å². The molecule has 0 saturated carbocycles. The molecular weight excluding hydrogens is 298 g/mol. The molecule has 0 fully saturated rings. The minimum absolute atomic E-state index is 0.701. The zero-order chi connectivity index (χ0) is 16.8. The minimum atomic E-state index is 0.701. The molecule has 0 spiro atoms. The number of nitrogens with zero attached hydrogens (tertiary/aromatic N) is 3. The minimum Gasteiger partial charge on any atom is -0.356 e. The summed E-state index contributed by atoms with van der Waals surface area (Å²) in [5.41, 5.74) is 2.44. The van der Waals surface area contributed by atoms with E-state index in [4.69, 9.17) is 0 Å². The number of benzene rings is 2. The molecule has 0 aliphatic heterocycles. The van der Waals surface area contributed by atoms with Crippen LogP contribution in [0.3, 0.4) is 0 Å². The first-order valence-corrected chi connectivity index (χ1v) is 8.15. The number of rotatable bonds is 5. The molecule has 124 valence electrons. The van der Waals surface area contributed by atoms with Crippen molar-refractivity contribution >= 4 is 16.7 Å². The number of fused-ring (bicyclic) bond motifs is 1. The average Bonchev–Trinajstić information content (AvgIpc) is 3.03. The normalized spacial score (nSPS) is 11.7. The quantitative estimate of drug-likeness (QED) is 0.561. The Labute approximate surface area is 142 Å². The summed E-state index contributed by atoms with van der Waals surface area (Å²) in [7, 11) is 3.72. The fourth-order valence-electron chi connectivity index (χ4n) is 2.69. The topological polar surface area (TPSA) is 54.2 Å². The Hall–Kier alpha value is -2.82. The van der Waals surface area contributed by atoms with E-state index in [0.29, 0.717) is 6.54 Å². The Morgan fingerprint density at radius 1 is 1.08 bits per heavy atom. The summed E-state index contributed by atoms with van der Waals surface area (Å²) in [5.74, 6) is 0.803. The fourth-order valence-corrected chi connectivity index (χ4v) is 2.69. The molecule has 0 atom stereocenters. The van der Waals surface area contributed by atoms with E-state index in [9.17, 15) is 0 Å². The number of guanidine groups is 1.